The van der Waals surface area contributed by atoms with E-state index in [2.05, 4.69) is 20.8 Å². The third-order valence-electron chi connectivity index (χ3n) is 2.43. The van der Waals surface area contributed by atoms with E-state index in [0.29, 0.717) is 12.4 Å². The molecule has 1 aromatic heterocycles. The fourth-order valence-electron chi connectivity index (χ4n) is 1.42. The summed E-state index contributed by atoms with van der Waals surface area (Å²) in [5.74, 6) is -2.23. The molecule has 1 atom stereocenters. The molecule has 0 aliphatic carbocycles. The molecule has 110 valence electrons. The number of carbonyl (C=O) groups is 3. The molecule has 20 heavy (non-hydrogen) atoms. The first-order valence-electron chi connectivity index (χ1n) is 5.79. The van der Waals surface area contributed by atoms with Gasteiger partial charge in [-0.2, -0.15) is 0 Å². The molecule has 0 saturated carbocycles. The van der Waals surface area contributed by atoms with Gasteiger partial charge in [0.25, 0.3) is 0 Å². The average Bonchev–Trinajstić information content (AvgIpc) is 2.82. The Hall–Kier alpha value is -2.65. The zero-order chi connectivity index (χ0) is 15.1. The van der Waals surface area contributed by atoms with Gasteiger partial charge >= 0.3 is 18.0 Å². The van der Waals surface area contributed by atoms with E-state index < -0.39 is 30.4 Å². The Balaban J connectivity index is 2.50. The smallest absolute Gasteiger partial charge is 0.326 e. The number of amides is 2. The van der Waals surface area contributed by atoms with Gasteiger partial charge < -0.3 is 25.4 Å². The topological polar surface area (TPSA) is 146 Å². The molecule has 2 amide bonds. The van der Waals surface area contributed by atoms with Gasteiger partial charge in [0.2, 0.25) is 0 Å². The second-order valence-electron chi connectivity index (χ2n) is 3.85. The number of rotatable bonds is 7. The van der Waals surface area contributed by atoms with E-state index in [-0.39, 0.29) is 6.54 Å². The minimum Gasteiger partial charge on any atom is -0.481 e. The van der Waals surface area contributed by atoms with Crippen LogP contribution >= 0.6 is 0 Å². The summed E-state index contributed by atoms with van der Waals surface area (Å²) in [6.45, 7) is 2.56. The van der Waals surface area contributed by atoms with E-state index in [9.17, 15) is 14.4 Å². The van der Waals surface area contributed by atoms with E-state index in [4.69, 9.17) is 10.2 Å². The second-order valence-corrected chi connectivity index (χ2v) is 3.85. The van der Waals surface area contributed by atoms with Crippen LogP contribution in [0.15, 0.2) is 6.33 Å². The van der Waals surface area contributed by atoms with Crippen LogP contribution in [0.5, 0.6) is 0 Å². The number of hydrogen-bond donors (Lipinski definition) is 4. The molecule has 0 aromatic carbocycles. The minimum absolute atomic E-state index is 0.0546. The number of urea groups is 1. The quantitative estimate of drug-likeness (QED) is 0.503. The van der Waals surface area contributed by atoms with Gasteiger partial charge in [-0.15, -0.1) is 10.2 Å². The lowest BCUT2D eigenvalue weighted by atomic mass is 10.2. The Morgan fingerprint density at radius 3 is 2.65 bits per heavy atom. The first-order valence-corrected chi connectivity index (χ1v) is 5.79. The summed E-state index contributed by atoms with van der Waals surface area (Å²) in [4.78, 5) is 32.7. The number of carboxylic acids is 2. The summed E-state index contributed by atoms with van der Waals surface area (Å²) in [5.41, 5.74) is 0. The molecule has 0 aliphatic heterocycles. The molecule has 10 nitrogen and oxygen atoms in total. The Kier molecular flexibility index (Phi) is 5.44. The summed E-state index contributed by atoms with van der Waals surface area (Å²) in [6.07, 6.45) is 0.799. The van der Waals surface area contributed by atoms with Gasteiger partial charge in [-0.25, -0.2) is 9.59 Å². The van der Waals surface area contributed by atoms with Crippen molar-refractivity contribution < 1.29 is 24.6 Å². The molecule has 1 aromatic rings. The van der Waals surface area contributed by atoms with Crippen molar-refractivity contribution in [1.29, 1.82) is 0 Å². The first kappa shape index (κ1) is 15.4. The van der Waals surface area contributed by atoms with Gasteiger partial charge in [0, 0.05) is 6.54 Å². The fraction of sp³-hybridized carbons (Fsp3) is 0.500. The molecule has 1 unspecified atom stereocenters. The van der Waals surface area contributed by atoms with Crippen molar-refractivity contribution in [2.45, 2.75) is 32.5 Å². The largest absolute Gasteiger partial charge is 0.481 e. The zero-order valence-corrected chi connectivity index (χ0v) is 10.7. The van der Waals surface area contributed by atoms with Crippen LogP contribution in [0.4, 0.5) is 4.79 Å². The molecule has 0 radical (unpaired) electrons. The zero-order valence-electron chi connectivity index (χ0n) is 10.7. The predicted octanol–water partition coefficient (Wildman–Crippen LogP) is -0.975. The van der Waals surface area contributed by atoms with Gasteiger partial charge in [-0.05, 0) is 6.92 Å². The average molecular weight is 285 g/mol. The van der Waals surface area contributed by atoms with Crippen molar-refractivity contribution in [2.75, 3.05) is 0 Å². The SMILES string of the molecule is CCn1cnnc1CNC(=O)NC(CC(=O)O)C(=O)O. The molecule has 4 N–H and O–H groups in total. The molecule has 10 heteroatoms. The number of aliphatic carboxylic acids is 2. The molecule has 1 heterocycles. The molecule has 0 bridgehead atoms. The summed E-state index contributed by atoms with van der Waals surface area (Å²) in [5, 5.41) is 29.2. The van der Waals surface area contributed by atoms with E-state index in [1.54, 1.807) is 4.57 Å². The lowest BCUT2D eigenvalue weighted by Gasteiger charge is -2.13. The van der Waals surface area contributed by atoms with Crippen LogP contribution in [0, 0.1) is 0 Å². The highest BCUT2D eigenvalue weighted by Gasteiger charge is 2.22. The third kappa shape index (κ3) is 4.55. The van der Waals surface area contributed by atoms with E-state index in [1.807, 2.05) is 6.92 Å². The van der Waals surface area contributed by atoms with E-state index >= 15 is 0 Å². The Bertz CT molecular complexity index is 500. The van der Waals surface area contributed by atoms with Crippen LogP contribution in [0.3, 0.4) is 0 Å². The number of carbonyl (C=O) groups excluding carboxylic acids is 1. The third-order valence-corrected chi connectivity index (χ3v) is 2.43. The second kappa shape index (κ2) is 7.07. The maximum absolute atomic E-state index is 11.5. The van der Waals surface area contributed by atoms with Crippen LogP contribution in [0.1, 0.15) is 19.2 Å². The van der Waals surface area contributed by atoms with Crippen molar-refractivity contribution >= 4 is 18.0 Å². The number of aryl methyl sites for hydroxylation is 1. The van der Waals surface area contributed by atoms with Gasteiger partial charge in [-0.3, -0.25) is 4.79 Å². The molecule has 1 rings (SSSR count). The van der Waals surface area contributed by atoms with Crippen LogP contribution in [-0.2, 0) is 22.7 Å². The summed E-state index contributed by atoms with van der Waals surface area (Å²) < 4.78 is 1.70. The van der Waals surface area contributed by atoms with E-state index in [1.165, 1.54) is 6.33 Å². The normalized spacial score (nSPS) is 11.7. The van der Waals surface area contributed by atoms with Gasteiger partial charge in [0.1, 0.15) is 12.4 Å². The molecule has 0 fully saturated rings. The number of nitrogens with zero attached hydrogens (tertiary/aromatic N) is 3. The fourth-order valence-corrected chi connectivity index (χ4v) is 1.42. The van der Waals surface area contributed by atoms with Gasteiger partial charge in [-0.1, -0.05) is 0 Å². The minimum atomic E-state index is -1.49. The highest BCUT2D eigenvalue weighted by Crippen LogP contribution is 1.95. The molecular weight excluding hydrogens is 270 g/mol. The summed E-state index contributed by atoms with van der Waals surface area (Å²) in [7, 11) is 0. The van der Waals surface area contributed by atoms with Crippen molar-refractivity contribution in [3.63, 3.8) is 0 Å². The Morgan fingerprint density at radius 1 is 1.40 bits per heavy atom. The molecule has 0 saturated heterocycles. The lowest BCUT2D eigenvalue weighted by Crippen LogP contribution is -2.46. The first-order chi connectivity index (χ1) is 9.43. The van der Waals surface area contributed by atoms with Crippen molar-refractivity contribution in [2.24, 2.45) is 0 Å². The van der Waals surface area contributed by atoms with E-state index in [0.717, 1.165) is 0 Å². The molecular formula is C10H15N5O5. The van der Waals surface area contributed by atoms with Crippen molar-refractivity contribution in [1.82, 2.24) is 25.4 Å². The number of aromatic nitrogens is 3. The maximum Gasteiger partial charge on any atom is 0.326 e. The van der Waals surface area contributed by atoms with Crippen LogP contribution in [-0.4, -0.2) is 49.0 Å². The number of nitrogens with one attached hydrogen (secondary N) is 2. The predicted molar refractivity (Wildman–Crippen MR) is 64.7 cm³/mol. The van der Waals surface area contributed by atoms with Crippen LogP contribution in [0.2, 0.25) is 0 Å². The maximum atomic E-state index is 11.5. The Morgan fingerprint density at radius 2 is 2.10 bits per heavy atom. The van der Waals surface area contributed by atoms with Crippen LogP contribution in [0.25, 0.3) is 0 Å². The Labute approximate surface area is 113 Å². The molecule has 0 spiro atoms. The standard InChI is InChI=1S/C10H15N5O5/c1-2-15-5-12-14-7(15)4-11-10(20)13-6(9(18)19)3-8(16)17/h5-6H,2-4H2,1H3,(H,16,17)(H,18,19)(H2,11,13,20). The van der Waals surface area contributed by atoms with Crippen LogP contribution < -0.4 is 10.6 Å². The highest BCUT2D eigenvalue weighted by molar-refractivity contribution is 5.86. The summed E-state index contributed by atoms with van der Waals surface area (Å²) >= 11 is 0. The monoisotopic (exact) mass is 285 g/mol. The molecule has 0 aliphatic rings. The lowest BCUT2D eigenvalue weighted by molar-refractivity contribution is -0.145. The number of carboxylic acid groups (broad SMARTS) is 2. The number of hydrogen-bond acceptors (Lipinski definition) is 5. The van der Waals surface area contributed by atoms with Gasteiger partial charge in [0.15, 0.2) is 5.82 Å². The summed E-state index contributed by atoms with van der Waals surface area (Å²) in [6, 6.07) is -2.28. The van der Waals surface area contributed by atoms with Crippen molar-refractivity contribution in [3.05, 3.63) is 12.2 Å². The van der Waals surface area contributed by atoms with Crippen molar-refractivity contribution in [3.8, 4) is 0 Å². The highest BCUT2D eigenvalue weighted by atomic mass is 16.4. The van der Waals surface area contributed by atoms with Gasteiger partial charge in [0.05, 0.1) is 13.0 Å².